The fourth-order valence-electron chi connectivity index (χ4n) is 1.83. The summed E-state index contributed by atoms with van der Waals surface area (Å²) in [5, 5.41) is 0.561. The second-order valence-electron chi connectivity index (χ2n) is 4.25. The Labute approximate surface area is 142 Å². The zero-order valence-corrected chi connectivity index (χ0v) is 14.4. The lowest BCUT2D eigenvalue weighted by Crippen LogP contribution is -2.11. The molecule has 0 saturated carbocycles. The smallest absolute Gasteiger partial charge is 0.131 e. The third-order valence-corrected chi connectivity index (χ3v) is 3.78. The Morgan fingerprint density at radius 2 is 2.00 bits per heavy atom. The third kappa shape index (κ3) is 4.09. The van der Waals surface area contributed by atoms with E-state index in [1.54, 1.807) is 25.3 Å². The SMILES string of the molecule is COc1ccc(Br)cc1COc1cc(Cl)ccc1C(N)=S. The Kier molecular flexibility index (Phi) is 5.45. The highest BCUT2D eigenvalue weighted by Crippen LogP contribution is 2.27. The van der Waals surface area contributed by atoms with Crippen molar-refractivity contribution < 1.29 is 9.47 Å². The Bertz CT molecular complexity index is 679. The van der Waals surface area contributed by atoms with Gasteiger partial charge in [0, 0.05) is 15.1 Å². The van der Waals surface area contributed by atoms with Crippen LogP contribution in [0.3, 0.4) is 0 Å². The second-order valence-corrected chi connectivity index (χ2v) is 6.04. The van der Waals surface area contributed by atoms with E-state index < -0.39 is 0 Å². The van der Waals surface area contributed by atoms with E-state index in [1.165, 1.54) is 0 Å². The Balaban J connectivity index is 2.26. The molecule has 0 amide bonds. The van der Waals surface area contributed by atoms with E-state index in [0.717, 1.165) is 15.8 Å². The van der Waals surface area contributed by atoms with Crippen LogP contribution >= 0.6 is 39.7 Å². The Morgan fingerprint density at radius 3 is 2.67 bits per heavy atom. The summed E-state index contributed by atoms with van der Waals surface area (Å²) >= 11 is 14.4. The number of benzene rings is 2. The lowest BCUT2D eigenvalue weighted by atomic mass is 10.2. The van der Waals surface area contributed by atoms with Crippen LogP contribution < -0.4 is 15.2 Å². The molecule has 0 unspecified atom stereocenters. The van der Waals surface area contributed by atoms with E-state index in [9.17, 15) is 0 Å². The Hall–Kier alpha value is -1.30. The van der Waals surface area contributed by atoms with Gasteiger partial charge in [-0.2, -0.15) is 0 Å². The summed E-state index contributed by atoms with van der Waals surface area (Å²) in [6.07, 6.45) is 0. The zero-order valence-electron chi connectivity index (χ0n) is 11.2. The molecule has 0 aliphatic heterocycles. The number of hydrogen-bond donors (Lipinski definition) is 1. The normalized spacial score (nSPS) is 10.2. The first-order valence-corrected chi connectivity index (χ1v) is 7.63. The molecule has 0 aromatic heterocycles. The van der Waals surface area contributed by atoms with Crippen LogP contribution in [-0.4, -0.2) is 12.1 Å². The first-order valence-electron chi connectivity index (χ1n) is 6.06. The van der Waals surface area contributed by atoms with Crippen molar-refractivity contribution >= 4 is 44.7 Å². The van der Waals surface area contributed by atoms with Crippen molar-refractivity contribution in [3.05, 3.63) is 57.0 Å². The largest absolute Gasteiger partial charge is 0.496 e. The van der Waals surface area contributed by atoms with E-state index >= 15 is 0 Å². The van der Waals surface area contributed by atoms with Gasteiger partial charge in [0.25, 0.3) is 0 Å². The van der Waals surface area contributed by atoms with Gasteiger partial charge in [-0.1, -0.05) is 39.7 Å². The van der Waals surface area contributed by atoms with Crippen molar-refractivity contribution in [1.29, 1.82) is 0 Å². The van der Waals surface area contributed by atoms with E-state index in [4.69, 9.17) is 39.0 Å². The van der Waals surface area contributed by atoms with Crippen molar-refractivity contribution in [3.8, 4) is 11.5 Å². The molecule has 21 heavy (non-hydrogen) atoms. The van der Waals surface area contributed by atoms with Crippen LogP contribution in [0, 0.1) is 0 Å². The predicted octanol–water partition coefficient (Wildman–Crippen LogP) is 4.32. The summed E-state index contributed by atoms with van der Waals surface area (Å²) < 4.78 is 12.1. The fourth-order valence-corrected chi connectivity index (χ4v) is 2.57. The highest BCUT2D eigenvalue weighted by Gasteiger charge is 2.10. The monoisotopic (exact) mass is 385 g/mol. The minimum Gasteiger partial charge on any atom is -0.496 e. The van der Waals surface area contributed by atoms with Crippen molar-refractivity contribution in [2.75, 3.05) is 7.11 Å². The molecule has 0 radical (unpaired) electrons. The molecule has 0 saturated heterocycles. The van der Waals surface area contributed by atoms with Crippen molar-refractivity contribution in [1.82, 2.24) is 0 Å². The molecule has 110 valence electrons. The Morgan fingerprint density at radius 1 is 1.24 bits per heavy atom. The van der Waals surface area contributed by atoms with Crippen molar-refractivity contribution in [2.45, 2.75) is 6.61 Å². The molecular weight excluding hydrogens is 374 g/mol. The average molecular weight is 387 g/mol. The molecular formula is C15H13BrClNO2S. The fraction of sp³-hybridized carbons (Fsp3) is 0.133. The highest BCUT2D eigenvalue weighted by atomic mass is 79.9. The maximum atomic E-state index is 5.99. The quantitative estimate of drug-likeness (QED) is 0.777. The maximum Gasteiger partial charge on any atom is 0.131 e. The molecule has 0 aliphatic carbocycles. The average Bonchev–Trinajstić information content (AvgIpc) is 2.45. The summed E-state index contributed by atoms with van der Waals surface area (Å²) in [6.45, 7) is 0.318. The number of ether oxygens (including phenoxy) is 2. The van der Waals surface area contributed by atoms with Crippen LogP contribution in [0.5, 0.6) is 11.5 Å². The van der Waals surface area contributed by atoms with E-state index in [1.807, 2.05) is 18.2 Å². The van der Waals surface area contributed by atoms with Crippen LogP contribution in [0.15, 0.2) is 40.9 Å². The van der Waals surface area contributed by atoms with Crippen LogP contribution in [0.2, 0.25) is 5.02 Å². The standard InChI is InChI=1S/C15H13BrClNO2S/c1-19-13-5-2-10(16)6-9(13)8-20-14-7-11(17)3-4-12(14)15(18)21/h2-7H,8H2,1H3,(H2,18,21). The second kappa shape index (κ2) is 7.11. The highest BCUT2D eigenvalue weighted by molar-refractivity contribution is 9.10. The number of rotatable bonds is 5. The van der Waals surface area contributed by atoms with Crippen LogP contribution in [0.1, 0.15) is 11.1 Å². The third-order valence-electron chi connectivity index (χ3n) is 2.83. The summed E-state index contributed by atoms with van der Waals surface area (Å²) in [5.74, 6) is 1.30. The van der Waals surface area contributed by atoms with Gasteiger partial charge in [0.15, 0.2) is 0 Å². The first kappa shape index (κ1) is 16.1. The maximum absolute atomic E-state index is 5.99. The topological polar surface area (TPSA) is 44.5 Å². The molecule has 0 atom stereocenters. The molecule has 6 heteroatoms. The van der Waals surface area contributed by atoms with E-state index in [-0.39, 0.29) is 4.99 Å². The van der Waals surface area contributed by atoms with Gasteiger partial charge in [0.05, 0.1) is 12.7 Å². The molecule has 0 fully saturated rings. The van der Waals surface area contributed by atoms with Gasteiger partial charge in [-0.3, -0.25) is 0 Å². The predicted molar refractivity (Wildman–Crippen MR) is 92.4 cm³/mol. The van der Waals surface area contributed by atoms with Gasteiger partial charge in [-0.05, 0) is 36.4 Å². The number of thiocarbonyl (C=S) groups is 1. The lowest BCUT2D eigenvalue weighted by molar-refractivity contribution is 0.296. The zero-order chi connectivity index (χ0) is 15.4. The molecule has 0 spiro atoms. The summed E-state index contributed by atoms with van der Waals surface area (Å²) in [4.78, 5) is 0.267. The minimum absolute atomic E-state index is 0.267. The van der Waals surface area contributed by atoms with Crippen molar-refractivity contribution in [3.63, 3.8) is 0 Å². The molecule has 2 rings (SSSR count). The first-order chi connectivity index (χ1) is 10.0. The molecule has 2 aromatic carbocycles. The van der Waals surface area contributed by atoms with Gasteiger partial charge in [-0.15, -0.1) is 0 Å². The summed E-state index contributed by atoms with van der Waals surface area (Å²) in [6, 6.07) is 10.9. The lowest BCUT2D eigenvalue weighted by Gasteiger charge is -2.13. The molecule has 0 heterocycles. The van der Waals surface area contributed by atoms with Gasteiger partial charge in [0.2, 0.25) is 0 Å². The molecule has 0 bridgehead atoms. The van der Waals surface area contributed by atoms with Gasteiger partial charge in [-0.25, -0.2) is 0 Å². The number of halogens is 2. The van der Waals surface area contributed by atoms with Gasteiger partial charge >= 0.3 is 0 Å². The molecule has 0 aliphatic rings. The van der Waals surface area contributed by atoms with Gasteiger partial charge < -0.3 is 15.2 Å². The van der Waals surface area contributed by atoms with Crippen molar-refractivity contribution in [2.24, 2.45) is 5.73 Å². The summed E-state index contributed by atoms with van der Waals surface area (Å²) in [5.41, 5.74) is 7.25. The number of methoxy groups -OCH3 is 1. The number of hydrogen-bond acceptors (Lipinski definition) is 3. The summed E-state index contributed by atoms with van der Waals surface area (Å²) in [7, 11) is 1.62. The van der Waals surface area contributed by atoms with Crippen LogP contribution in [0.4, 0.5) is 0 Å². The minimum atomic E-state index is 0.267. The van der Waals surface area contributed by atoms with Crippen LogP contribution in [-0.2, 0) is 6.61 Å². The van der Waals surface area contributed by atoms with E-state index in [2.05, 4.69) is 15.9 Å². The molecule has 3 nitrogen and oxygen atoms in total. The van der Waals surface area contributed by atoms with Gasteiger partial charge in [0.1, 0.15) is 23.1 Å². The number of nitrogens with two attached hydrogens (primary N) is 1. The van der Waals surface area contributed by atoms with E-state index in [0.29, 0.717) is 22.9 Å². The molecule has 2 aromatic rings. The van der Waals surface area contributed by atoms with Crippen LogP contribution in [0.25, 0.3) is 0 Å². The molecule has 2 N–H and O–H groups in total.